The second-order valence-electron chi connectivity index (χ2n) is 4.56. The number of nitrogens with two attached hydrogens (primary N) is 1. The number of nitrogens with zero attached hydrogens (tertiary/aromatic N) is 1. The maximum absolute atomic E-state index is 5.92. The maximum Gasteiger partial charge on any atom is 0.223 e. The molecule has 0 saturated heterocycles. The Balaban J connectivity index is 2.37. The van der Waals surface area contributed by atoms with E-state index in [0.717, 1.165) is 22.4 Å². The number of benzene rings is 1. The lowest BCUT2D eigenvalue weighted by Gasteiger charge is -2.13. The van der Waals surface area contributed by atoms with Crippen molar-refractivity contribution in [2.45, 2.75) is 26.8 Å². The number of hydrogen-bond donors (Lipinski definition) is 1. The van der Waals surface area contributed by atoms with Crippen molar-refractivity contribution in [2.75, 3.05) is 0 Å². The van der Waals surface area contributed by atoms with Gasteiger partial charge >= 0.3 is 0 Å². The molecule has 0 aliphatic carbocycles. The normalized spacial score (nSPS) is 12.2. The zero-order valence-corrected chi connectivity index (χ0v) is 11.0. The fourth-order valence-corrected chi connectivity index (χ4v) is 1.76. The summed E-state index contributed by atoms with van der Waals surface area (Å²) in [5, 5.41) is 0. The Kier molecular flexibility index (Phi) is 3.63. The van der Waals surface area contributed by atoms with E-state index in [4.69, 9.17) is 10.5 Å². The van der Waals surface area contributed by atoms with Gasteiger partial charge in [0.1, 0.15) is 5.75 Å². The van der Waals surface area contributed by atoms with E-state index in [9.17, 15) is 0 Å². The highest BCUT2D eigenvalue weighted by molar-refractivity contribution is 5.40. The Morgan fingerprint density at radius 1 is 1.22 bits per heavy atom. The maximum atomic E-state index is 5.92. The molecule has 0 aliphatic rings. The highest BCUT2D eigenvalue weighted by atomic mass is 16.5. The van der Waals surface area contributed by atoms with Gasteiger partial charge in [-0.1, -0.05) is 18.2 Å². The molecule has 0 bridgehead atoms. The zero-order valence-electron chi connectivity index (χ0n) is 11.0. The molecular formula is C15H18N2O. The van der Waals surface area contributed by atoms with Crippen LogP contribution in [-0.4, -0.2) is 4.98 Å². The van der Waals surface area contributed by atoms with Crippen molar-refractivity contribution < 1.29 is 4.74 Å². The van der Waals surface area contributed by atoms with Crippen LogP contribution in [-0.2, 0) is 0 Å². The summed E-state index contributed by atoms with van der Waals surface area (Å²) in [6.07, 6.45) is 1.71. The third-order valence-corrected chi connectivity index (χ3v) is 2.84. The Morgan fingerprint density at radius 2 is 2.00 bits per heavy atom. The second kappa shape index (κ2) is 5.19. The average Bonchev–Trinajstić information content (AvgIpc) is 2.34. The van der Waals surface area contributed by atoms with Crippen LogP contribution in [0, 0.1) is 13.8 Å². The molecule has 2 aromatic rings. The highest BCUT2D eigenvalue weighted by Gasteiger charge is 2.10. The molecule has 0 spiro atoms. The van der Waals surface area contributed by atoms with Gasteiger partial charge in [-0.05, 0) is 44.0 Å². The molecule has 1 unspecified atom stereocenters. The van der Waals surface area contributed by atoms with Crippen molar-refractivity contribution in [3.05, 3.63) is 53.2 Å². The molecule has 2 N–H and O–H groups in total. The summed E-state index contributed by atoms with van der Waals surface area (Å²) in [6, 6.07) is 9.83. The summed E-state index contributed by atoms with van der Waals surface area (Å²) in [5.41, 5.74) is 9.08. The fourth-order valence-electron chi connectivity index (χ4n) is 1.76. The predicted octanol–water partition coefficient (Wildman–Crippen LogP) is 3.51. The lowest BCUT2D eigenvalue weighted by atomic mass is 10.1. The van der Waals surface area contributed by atoms with Gasteiger partial charge in [0, 0.05) is 17.8 Å². The third-order valence-electron chi connectivity index (χ3n) is 2.84. The Labute approximate surface area is 108 Å². The molecule has 2 rings (SSSR count). The molecule has 1 atom stereocenters. The van der Waals surface area contributed by atoms with Gasteiger partial charge in [-0.2, -0.15) is 0 Å². The summed E-state index contributed by atoms with van der Waals surface area (Å²) in [6.45, 7) is 5.98. The van der Waals surface area contributed by atoms with Gasteiger partial charge in [-0.25, -0.2) is 4.98 Å². The summed E-state index contributed by atoms with van der Waals surface area (Å²) in [7, 11) is 0. The fraction of sp³-hybridized carbons (Fsp3) is 0.267. The monoisotopic (exact) mass is 242 g/mol. The van der Waals surface area contributed by atoms with Gasteiger partial charge in [0.05, 0.1) is 0 Å². The van der Waals surface area contributed by atoms with Crippen molar-refractivity contribution in [2.24, 2.45) is 5.73 Å². The summed E-state index contributed by atoms with van der Waals surface area (Å²) >= 11 is 0. The summed E-state index contributed by atoms with van der Waals surface area (Å²) in [5.74, 6) is 1.41. The van der Waals surface area contributed by atoms with E-state index in [1.165, 1.54) is 0 Å². The first-order valence-electron chi connectivity index (χ1n) is 6.03. The molecule has 0 aliphatic heterocycles. The smallest absolute Gasteiger partial charge is 0.223 e. The topological polar surface area (TPSA) is 48.1 Å². The van der Waals surface area contributed by atoms with Crippen molar-refractivity contribution in [1.29, 1.82) is 0 Å². The predicted molar refractivity (Wildman–Crippen MR) is 72.8 cm³/mol. The number of aromatic nitrogens is 1. The van der Waals surface area contributed by atoms with Crippen molar-refractivity contribution in [3.63, 3.8) is 0 Å². The minimum absolute atomic E-state index is 0.0983. The van der Waals surface area contributed by atoms with Crippen LogP contribution in [0.3, 0.4) is 0 Å². The van der Waals surface area contributed by atoms with Crippen molar-refractivity contribution in [3.8, 4) is 11.6 Å². The molecule has 94 valence electrons. The van der Waals surface area contributed by atoms with Gasteiger partial charge in [-0.3, -0.25) is 0 Å². The molecule has 3 nitrogen and oxygen atoms in total. The van der Waals surface area contributed by atoms with Crippen LogP contribution in [0.25, 0.3) is 0 Å². The van der Waals surface area contributed by atoms with Crippen LogP contribution in [0.15, 0.2) is 36.5 Å². The quantitative estimate of drug-likeness (QED) is 0.896. The molecule has 3 heteroatoms. The lowest BCUT2D eigenvalue weighted by Crippen LogP contribution is -2.07. The number of pyridine rings is 1. The van der Waals surface area contributed by atoms with E-state index in [1.807, 2.05) is 45.0 Å². The molecule has 0 radical (unpaired) electrons. The van der Waals surface area contributed by atoms with Gasteiger partial charge in [0.15, 0.2) is 0 Å². The zero-order chi connectivity index (χ0) is 13.1. The molecule has 1 heterocycles. The third kappa shape index (κ3) is 2.68. The molecule has 0 amide bonds. The molecule has 1 aromatic carbocycles. The van der Waals surface area contributed by atoms with Crippen LogP contribution in [0.2, 0.25) is 0 Å². The molecule has 0 saturated carbocycles. The van der Waals surface area contributed by atoms with Crippen LogP contribution < -0.4 is 10.5 Å². The van der Waals surface area contributed by atoms with E-state index in [1.54, 1.807) is 6.20 Å². The molecule has 18 heavy (non-hydrogen) atoms. The van der Waals surface area contributed by atoms with E-state index in [0.29, 0.717) is 5.88 Å². The number of ether oxygens (including phenoxy) is 1. The minimum atomic E-state index is -0.0983. The van der Waals surface area contributed by atoms with Gasteiger partial charge in [-0.15, -0.1) is 0 Å². The number of rotatable bonds is 3. The SMILES string of the molecule is Cc1ccc(C)c(Oc2ncccc2C(C)N)c1. The molecule has 1 aromatic heterocycles. The van der Waals surface area contributed by atoms with Gasteiger partial charge in [0.2, 0.25) is 5.88 Å². The summed E-state index contributed by atoms with van der Waals surface area (Å²) < 4.78 is 5.89. The molecular weight excluding hydrogens is 224 g/mol. The van der Waals surface area contributed by atoms with Crippen LogP contribution in [0.5, 0.6) is 11.6 Å². The van der Waals surface area contributed by atoms with E-state index in [-0.39, 0.29) is 6.04 Å². The van der Waals surface area contributed by atoms with E-state index < -0.39 is 0 Å². The minimum Gasteiger partial charge on any atom is -0.438 e. The van der Waals surface area contributed by atoms with Gasteiger partial charge in [0.25, 0.3) is 0 Å². The molecule has 0 fully saturated rings. The number of hydrogen-bond acceptors (Lipinski definition) is 3. The lowest BCUT2D eigenvalue weighted by molar-refractivity contribution is 0.448. The van der Waals surface area contributed by atoms with Gasteiger partial charge < -0.3 is 10.5 Å². The second-order valence-corrected chi connectivity index (χ2v) is 4.56. The first-order valence-corrected chi connectivity index (χ1v) is 6.03. The van der Waals surface area contributed by atoms with Crippen LogP contribution >= 0.6 is 0 Å². The van der Waals surface area contributed by atoms with Crippen molar-refractivity contribution in [1.82, 2.24) is 4.98 Å². The Hall–Kier alpha value is -1.87. The first kappa shape index (κ1) is 12.6. The van der Waals surface area contributed by atoms with Crippen LogP contribution in [0.1, 0.15) is 29.7 Å². The first-order chi connectivity index (χ1) is 8.58. The Bertz CT molecular complexity index is 550. The van der Waals surface area contributed by atoms with Crippen LogP contribution in [0.4, 0.5) is 0 Å². The van der Waals surface area contributed by atoms with Crippen molar-refractivity contribution >= 4 is 0 Å². The largest absolute Gasteiger partial charge is 0.438 e. The summed E-state index contributed by atoms with van der Waals surface area (Å²) in [4.78, 5) is 4.26. The standard InChI is InChI=1S/C15H18N2O/c1-10-6-7-11(2)14(9-10)18-15-13(12(3)16)5-4-8-17-15/h4-9,12H,16H2,1-3H3. The highest BCUT2D eigenvalue weighted by Crippen LogP contribution is 2.29. The Morgan fingerprint density at radius 3 is 2.72 bits per heavy atom. The van der Waals surface area contributed by atoms with E-state index in [2.05, 4.69) is 11.1 Å². The average molecular weight is 242 g/mol. The number of aryl methyl sites for hydroxylation is 2. The van der Waals surface area contributed by atoms with E-state index >= 15 is 0 Å².